The van der Waals surface area contributed by atoms with Gasteiger partial charge in [-0.15, -0.1) is 0 Å². The first-order valence-electron chi connectivity index (χ1n) is 7.63. The fourth-order valence-corrected chi connectivity index (χ4v) is 3.34. The lowest BCUT2D eigenvalue weighted by atomic mass is 9.65. The Morgan fingerprint density at radius 1 is 1.41 bits per heavy atom. The third-order valence-electron chi connectivity index (χ3n) is 4.40. The fourth-order valence-electron chi connectivity index (χ4n) is 3.34. The molecule has 1 heterocycles. The lowest BCUT2D eigenvalue weighted by Gasteiger charge is -2.47. The van der Waals surface area contributed by atoms with E-state index in [-0.39, 0.29) is 17.1 Å². The molecular formula is C19H24O3. The molecule has 0 bridgehead atoms. The number of aliphatic hydroxyl groups is 1. The summed E-state index contributed by atoms with van der Waals surface area (Å²) in [5.74, 6) is -0.363. The van der Waals surface area contributed by atoms with E-state index in [9.17, 15) is 9.90 Å². The zero-order chi connectivity index (χ0) is 16.4. The number of benzene rings is 1. The van der Waals surface area contributed by atoms with E-state index in [2.05, 4.69) is 33.8 Å². The summed E-state index contributed by atoms with van der Waals surface area (Å²) in [6, 6.07) is 10.8. The van der Waals surface area contributed by atoms with Gasteiger partial charge in [0.1, 0.15) is 11.4 Å². The summed E-state index contributed by atoms with van der Waals surface area (Å²) in [6.07, 6.45) is 2.67. The molecule has 2 unspecified atom stereocenters. The molecule has 0 aromatic heterocycles. The van der Waals surface area contributed by atoms with Crippen LogP contribution in [0.4, 0.5) is 0 Å². The van der Waals surface area contributed by atoms with Crippen LogP contribution in [0.5, 0.6) is 0 Å². The van der Waals surface area contributed by atoms with Crippen LogP contribution in [0.3, 0.4) is 0 Å². The van der Waals surface area contributed by atoms with Crippen molar-refractivity contribution in [1.82, 2.24) is 0 Å². The van der Waals surface area contributed by atoms with Crippen LogP contribution in [-0.2, 0) is 16.0 Å². The van der Waals surface area contributed by atoms with E-state index in [1.807, 2.05) is 24.3 Å². The highest BCUT2D eigenvalue weighted by molar-refractivity contribution is 5.83. The minimum atomic E-state index is -0.770. The molecule has 1 aliphatic heterocycles. The maximum Gasteiger partial charge on any atom is 0.334 e. The SMILES string of the molecule is [CH2]CC1(C(Cc2cc[c]cc2)C(C)(C)C)CC(O)=CC(=O)O1. The van der Waals surface area contributed by atoms with Gasteiger partial charge in [-0.3, -0.25) is 0 Å². The zero-order valence-electron chi connectivity index (χ0n) is 13.6. The van der Waals surface area contributed by atoms with Crippen LogP contribution in [0.1, 0.15) is 39.2 Å². The number of carbonyl (C=O) groups excluding carboxylic acids is 1. The average Bonchev–Trinajstić information content (AvgIpc) is 2.43. The number of aliphatic hydroxyl groups excluding tert-OH is 1. The smallest absolute Gasteiger partial charge is 0.334 e. The van der Waals surface area contributed by atoms with Crippen molar-refractivity contribution in [2.75, 3.05) is 0 Å². The normalized spacial score (nSPS) is 23.6. The van der Waals surface area contributed by atoms with Crippen LogP contribution in [0.15, 0.2) is 36.1 Å². The molecule has 0 saturated heterocycles. The molecular weight excluding hydrogens is 276 g/mol. The molecule has 3 heteroatoms. The predicted octanol–water partition coefficient (Wildman–Crippen LogP) is 4.04. The molecule has 1 aromatic rings. The first-order chi connectivity index (χ1) is 10.3. The number of hydrogen-bond acceptors (Lipinski definition) is 3. The molecule has 0 aliphatic carbocycles. The summed E-state index contributed by atoms with van der Waals surface area (Å²) in [5, 5.41) is 9.95. The Labute approximate surface area is 133 Å². The molecule has 3 nitrogen and oxygen atoms in total. The van der Waals surface area contributed by atoms with E-state index in [1.165, 1.54) is 0 Å². The molecule has 0 spiro atoms. The maximum absolute atomic E-state index is 11.8. The van der Waals surface area contributed by atoms with Crippen LogP contribution < -0.4 is 0 Å². The molecule has 0 saturated carbocycles. The molecule has 2 rings (SSSR count). The van der Waals surface area contributed by atoms with Crippen molar-refractivity contribution in [3.8, 4) is 0 Å². The van der Waals surface area contributed by atoms with Gasteiger partial charge < -0.3 is 9.84 Å². The summed E-state index contributed by atoms with van der Waals surface area (Å²) >= 11 is 0. The quantitative estimate of drug-likeness (QED) is 0.854. The predicted molar refractivity (Wildman–Crippen MR) is 86.1 cm³/mol. The van der Waals surface area contributed by atoms with Crippen molar-refractivity contribution in [2.24, 2.45) is 11.3 Å². The van der Waals surface area contributed by atoms with Crippen molar-refractivity contribution in [3.05, 3.63) is 54.7 Å². The van der Waals surface area contributed by atoms with Crippen molar-refractivity contribution in [2.45, 2.75) is 45.6 Å². The summed E-state index contributed by atoms with van der Waals surface area (Å²) in [7, 11) is 0. The lowest BCUT2D eigenvalue weighted by Crippen LogP contribution is -2.50. The van der Waals surface area contributed by atoms with Crippen LogP contribution in [0.2, 0.25) is 0 Å². The molecule has 22 heavy (non-hydrogen) atoms. The Morgan fingerprint density at radius 3 is 2.55 bits per heavy atom. The van der Waals surface area contributed by atoms with Gasteiger partial charge in [0.2, 0.25) is 0 Å². The minimum Gasteiger partial charge on any atom is -0.512 e. The van der Waals surface area contributed by atoms with Gasteiger partial charge in [-0.05, 0) is 36.8 Å². The van der Waals surface area contributed by atoms with Crippen molar-refractivity contribution < 1.29 is 14.6 Å². The van der Waals surface area contributed by atoms with Crippen LogP contribution >= 0.6 is 0 Å². The number of cyclic esters (lactones) is 1. The standard InChI is InChI=1S/C19H24O3/c1-5-19(13-15(20)12-17(21)22-19)16(18(2,3)4)11-14-9-7-6-8-10-14/h7-10,12,16,20H,1,5,11,13H2,2-4H3. The van der Waals surface area contributed by atoms with E-state index in [4.69, 9.17) is 4.74 Å². The largest absolute Gasteiger partial charge is 0.512 e. The van der Waals surface area contributed by atoms with Crippen LogP contribution in [-0.4, -0.2) is 16.7 Å². The molecule has 1 aromatic carbocycles. The maximum atomic E-state index is 11.8. The molecule has 2 atom stereocenters. The van der Waals surface area contributed by atoms with E-state index in [0.717, 1.165) is 18.1 Å². The molecule has 1 aliphatic rings. The Balaban J connectivity index is 2.39. The van der Waals surface area contributed by atoms with Gasteiger partial charge in [0.15, 0.2) is 0 Å². The van der Waals surface area contributed by atoms with E-state index < -0.39 is 11.6 Å². The third-order valence-corrected chi connectivity index (χ3v) is 4.40. The fraction of sp³-hybridized carbons (Fsp3) is 0.474. The summed E-state index contributed by atoms with van der Waals surface area (Å²) in [4.78, 5) is 11.8. The van der Waals surface area contributed by atoms with Crippen LogP contribution in [0, 0.1) is 24.3 Å². The average molecular weight is 300 g/mol. The van der Waals surface area contributed by atoms with Crippen LogP contribution in [0.25, 0.3) is 0 Å². The number of rotatable bonds is 4. The van der Waals surface area contributed by atoms with Gasteiger partial charge in [-0.2, -0.15) is 0 Å². The van der Waals surface area contributed by atoms with Gasteiger partial charge in [0.05, 0.1) is 6.08 Å². The topological polar surface area (TPSA) is 46.5 Å². The Hall–Kier alpha value is -1.77. The summed E-state index contributed by atoms with van der Waals surface area (Å²) < 4.78 is 5.71. The highest BCUT2D eigenvalue weighted by atomic mass is 16.6. The van der Waals surface area contributed by atoms with Gasteiger partial charge >= 0.3 is 5.97 Å². The highest BCUT2D eigenvalue weighted by Crippen LogP contribution is 2.45. The van der Waals surface area contributed by atoms with Crippen molar-refractivity contribution in [3.63, 3.8) is 0 Å². The Kier molecular flexibility index (Phi) is 4.64. The van der Waals surface area contributed by atoms with E-state index in [1.54, 1.807) is 0 Å². The number of hydrogen-bond donors (Lipinski definition) is 1. The van der Waals surface area contributed by atoms with Crippen molar-refractivity contribution in [1.29, 1.82) is 0 Å². The molecule has 2 radical (unpaired) electrons. The molecule has 0 fully saturated rings. The molecule has 118 valence electrons. The second-order valence-electron chi connectivity index (χ2n) is 7.08. The second-order valence-corrected chi connectivity index (χ2v) is 7.08. The minimum absolute atomic E-state index is 0.0414. The second kappa shape index (κ2) is 6.15. The monoisotopic (exact) mass is 300 g/mol. The lowest BCUT2D eigenvalue weighted by molar-refractivity contribution is -0.170. The number of esters is 1. The van der Waals surface area contributed by atoms with Gasteiger partial charge in [-0.25, -0.2) is 4.79 Å². The summed E-state index contributed by atoms with van der Waals surface area (Å²) in [6.45, 7) is 10.4. The number of carbonyl (C=O) groups is 1. The molecule has 1 N–H and O–H groups in total. The van der Waals surface area contributed by atoms with Gasteiger partial charge in [0, 0.05) is 12.3 Å². The Bertz CT molecular complexity index is 554. The third kappa shape index (κ3) is 3.52. The van der Waals surface area contributed by atoms with E-state index in [0.29, 0.717) is 12.8 Å². The number of ether oxygens (including phenoxy) is 1. The Morgan fingerprint density at radius 2 is 2.05 bits per heavy atom. The first-order valence-corrected chi connectivity index (χ1v) is 7.63. The summed E-state index contributed by atoms with van der Waals surface area (Å²) in [5.41, 5.74) is 0.291. The van der Waals surface area contributed by atoms with Gasteiger partial charge in [-0.1, -0.05) is 45.0 Å². The van der Waals surface area contributed by atoms with Gasteiger partial charge in [0.25, 0.3) is 0 Å². The first kappa shape index (κ1) is 16.6. The molecule has 0 amide bonds. The van der Waals surface area contributed by atoms with E-state index >= 15 is 0 Å². The van der Waals surface area contributed by atoms with Crippen molar-refractivity contribution >= 4 is 5.97 Å². The zero-order valence-corrected chi connectivity index (χ0v) is 13.6. The highest BCUT2D eigenvalue weighted by Gasteiger charge is 2.48.